The van der Waals surface area contributed by atoms with Crippen LogP contribution in [0, 0.1) is 12.3 Å². The Morgan fingerprint density at radius 1 is 1.22 bits per heavy atom. The van der Waals surface area contributed by atoms with Gasteiger partial charge in [-0.25, -0.2) is 0 Å². The minimum Gasteiger partial charge on any atom is -0.460 e. The SMILES string of the molecule is Cc1ccc(-c2ccc(CN3CCC4(CC3)CC(O)CN(C)C4)o2)cc1Cl. The first kappa shape index (κ1) is 19.0. The number of hydrogen-bond donors (Lipinski definition) is 1. The second kappa shape index (κ2) is 7.59. The number of nitrogens with zero attached hydrogens (tertiary/aromatic N) is 2. The standard InChI is InChI=1S/C22H29ClN2O2/c1-16-3-4-17(11-20(16)23)21-6-5-19(27-21)14-25-9-7-22(8-10-25)12-18(26)13-24(2)15-22/h3-6,11,18,26H,7-10,12-15H2,1-2H3. The fourth-order valence-corrected chi connectivity index (χ4v) is 4.94. The molecule has 0 radical (unpaired) electrons. The van der Waals surface area contributed by atoms with Crippen LogP contribution in [0.4, 0.5) is 0 Å². The average molecular weight is 389 g/mol. The van der Waals surface area contributed by atoms with E-state index in [0.717, 1.165) is 79.7 Å². The van der Waals surface area contributed by atoms with Crippen molar-refractivity contribution in [3.05, 3.63) is 46.7 Å². The summed E-state index contributed by atoms with van der Waals surface area (Å²) < 4.78 is 6.09. The summed E-state index contributed by atoms with van der Waals surface area (Å²) in [7, 11) is 2.12. The molecule has 1 spiro atoms. The van der Waals surface area contributed by atoms with Gasteiger partial charge in [0.15, 0.2) is 0 Å². The van der Waals surface area contributed by atoms with Gasteiger partial charge in [0.1, 0.15) is 11.5 Å². The van der Waals surface area contributed by atoms with E-state index < -0.39 is 0 Å². The average Bonchev–Trinajstić information content (AvgIpc) is 3.07. The molecule has 2 aliphatic rings. The number of benzene rings is 1. The molecule has 0 aliphatic carbocycles. The number of aryl methyl sites for hydroxylation is 1. The van der Waals surface area contributed by atoms with Crippen LogP contribution in [0.5, 0.6) is 0 Å². The summed E-state index contributed by atoms with van der Waals surface area (Å²) in [6, 6.07) is 10.2. The fourth-order valence-electron chi connectivity index (χ4n) is 4.76. The molecule has 1 aromatic heterocycles. The number of aliphatic hydroxyl groups is 1. The van der Waals surface area contributed by atoms with E-state index in [1.807, 2.05) is 25.1 Å². The van der Waals surface area contributed by atoms with E-state index >= 15 is 0 Å². The van der Waals surface area contributed by atoms with Gasteiger partial charge in [-0.15, -0.1) is 0 Å². The van der Waals surface area contributed by atoms with Gasteiger partial charge >= 0.3 is 0 Å². The van der Waals surface area contributed by atoms with Gasteiger partial charge in [0.05, 0.1) is 12.6 Å². The highest BCUT2D eigenvalue weighted by molar-refractivity contribution is 6.31. The lowest BCUT2D eigenvalue weighted by Gasteiger charge is -2.48. The molecular formula is C22H29ClN2O2. The number of halogens is 1. The number of piperidine rings is 2. The van der Waals surface area contributed by atoms with Crippen molar-refractivity contribution in [2.45, 2.75) is 38.8 Å². The van der Waals surface area contributed by atoms with Crippen molar-refractivity contribution in [3.63, 3.8) is 0 Å². The van der Waals surface area contributed by atoms with Gasteiger partial charge in [0.25, 0.3) is 0 Å². The minimum atomic E-state index is -0.177. The maximum absolute atomic E-state index is 10.2. The first-order valence-electron chi connectivity index (χ1n) is 9.87. The molecule has 27 heavy (non-hydrogen) atoms. The normalized spacial score (nSPS) is 23.8. The molecule has 2 aromatic rings. The third kappa shape index (κ3) is 4.24. The zero-order valence-corrected chi connectivity index (χ0v) is 17.0. The summed E-state index contributed by atoms with van der Waals surface area (Å²) in [5.41, 5.74) is 2.39. The van der Waals surface area contributed by atoms with Gasteiger partial charge in [-0.1, -0.05) is 23.7 Å². The largest absolute Gasteiger partial charge is 0.460 e. The highest BCUT2D eigenvalue weighted by Gasteiger charge is 2.40. The third-order valence-corrected chi connectivity index (χ3v) is 6.62. The lowest BCUT2D eigenvalue weighted by atomic mass is 9.72. The smallest absolute Gasteiger partial charge is 0.134 e. The topological polar surface area (TPSA) is 39.9 Å². The molecule has 5 heteroatoms. The number of aliphatic hydroxyl groups excluding tert-OH is 1. The van der Waals surface area contributed by atoms with Crippen molar-refractivity contribution in [2.75, 3.05) is 33.2 Å². The molecule has 2 saturated heterocycles. The van der Waals surface area contributed by atoms with Gasteiger partial charge in [0.2, 0.25) is 0 Å². The van der Waals surface area contributed by atoms with Gasteiger partial charge < -0.3 is 14.4 Å². The van der Waals surface area contributed by atoms with Crippen LogP contribution >= 0.6 is 11.6 Å². The van der Waals surface area contributed by atoms with E-state index in [2.05, 4.69) is 29.0 Å². The van der Waals surface area contributed by atoms with Crippen molar-refractivity contribution in [2.24, 2.45) is 5.41 Å². The minimum absolute atomic E-state index is 0.177. The molecule has 1 aromatic carbocycles. The molecule has 146 valence electrons. The quantitative estimate of drug-likeness (QED) is 0.855. The molecule has 2 fully saturated rings. The van der Waals surface area contributed by atoms with Crippen LogP contribution in [0.25, 0.3) is 11.3 Å². The molecule has 0 amide bonds. The van der Waals surface area contributed by atoms with Gasteiger partial charge in [-0.3, -0.25) is 4.90 Å². The maximum atomic E-state index is 10.2. The number of rotatable bonds is 3. The molecule has 1 atom stereocenters. The first-order chi connectivity index (χ1) is 12.9. The van der Waals surface area contributed by atoms with E-state index in [4.69, 9.17) is 16.0 Å². The highest BCUT2D eigenvalue weighted by Crippen LogP contribution is 2.40. The molecule has 0 bridgehead atoms. The maximum Gasteiger partial charge on any atom is 0.134 e. The predicted molar refractivity (Wildman–Crippen MR) is 109 cm³/mol. The molecule has 0 saturated carbocycles. The molecule has 1 unspecified atom stereocenters. The number of likely N-dealkylation sites (N-methyl/N-ethyl adjacent to an activating group) is 1. The fraction of sp³-hybridized carbons (Fsp3) is 0.545. The molecular weight excluding hydrogens is 360 g/mol. The molecule has 3 heterocycles. The van der Waals surface area contributed by atoms with Crippen LogP contribution in [0.1, 0.15) is 30.6 Å². The van der Waals surface area contributed by atoms with Crippen molar-refractivity contribution in [1.82, 2.24) is 9.80 Å². The Morgan fingerprint density at radius 3 is 2.70 bits per heavy atom. The molecule has 4 nitrogen and oxygen atoms in total. The van der Waals surface area contributed by atoms with Crippen LogP contribution in [-0.2, 0) is 6.54 Å². The zero-order valence-electron chi connectivity index (χ0n) is 16.2. The monoisotopic (exact) mass is 388 g/mol. The Bertz CT molecular complexity index is 783. The summed E-state index contributed by atoms with van der Waals surface area (Å²) in [6.45, 7) is 6.89. The Morgan fingerprint density at radius 2 is 2.00 bits per heavy atom. The van der Waals surface area contributed by atoms with Crippen molar-refractivity contribution >= 4 is 11.6 Å². The van der Waals surface area contributed by atoms with Crippen molar-refractivity contribution in [3.8, 4) is 11.3 Å². The van der Waals surface area contributed by atoms with Crippen LogP contribution in [0.15, 0.2) is 34.7 Å². The van der Waals surface area contributed by atoms with Crippen LogP contribution in [0.2, 0.25) is 5.02 Å². The van der Waals surface area contributed by atoms with Crippen LogP contribution < -0.4 is 0 Å². The number of β-amino-alcohol motifs (C(OH)–C–C–N with tert-alkyl or cyclic N) is 1. The molecule has 2 aliphatic heterocycles. The lowest BCUT2D eigenvalue weighted by molar-refractivity contribution is -0.0338. The number of hydrogen-bond acceptors (Lipinski definition) is 4. The number of furan rings is 1. The van der Waals surface area contributed by atoms with E-state index in [1.54, 1.807) is 0 Å². The highest BCUT2D eigenvalue weighted by atomic mass is 35.5. The van der Waals surface area contributed by atoms with E-state index in [0.29, 0.717) is 0 Å². The van der Waals surface area contributed by atoms with E-state index in [1.165, 1.54) is 0 Å². The predicted octanol–water partition coefficient (Wildman–Crippen LogP) is 4.19. The second-order valence-electron chi connectivity index (χ2n) is 8.56. The van der Waals surface area contributed by atoms with Crippen LogP contribution in [-0.4, -0.2) is 54.2 Å². The third-order valence-electron chi connectivity index (χ3n) is 6.21. The van der Waals surface area contributed by atoms with E-state index in [-0.39, 0.29) is 11.5 Å². The summed E-state index contributed by atoms with van der Waals surface area (Å²) in [4.78, 5) is 4.76. The Labute approximate surface area is 166 Å². The Hall–Kier alpha value is -1.33. The lowest BCUT2D eigenvalue weighted by Crippen LogP contribution is -2.52. The van der Waals surface area contributed by atoms with Gasteiger partial charge in [-0.2, -0.15) is 0 Å². The van der Waals surface area contributed by atoms with Crippen molar-refractivity contribution in [1.29, 1.82) is 0 Å². The molecule has 4 rings (SSSR count). The molecule has 1 N–H and O–H groups in total. The van der Waals surface area contributed by atoms with Gasteiger partial charge in [-0.05, 0) is 75.5 Å². The number of likely N-dealkylation sites (tertiary alicyclic amines) is 2. The summed E-state index contributed by atoms with van der Waals surface area (Å²) in [5.74, 6) is 1.87. The van der Waals surface area contributed by atoms with Crippen molar-refractivity contribution < 1.29 is 9.52 Å². The van der Waals surface area contributed by atoms with E-state index in [9.17, 15) is 5.11 Å². The summed E-state index contributed by atoms with van der Waals surface area (Å²) in [6.07, 6.45) is 3.07. The first-order valence-corrected chi connectivity index (χ1v) is 10.2. The second-order valence-corrected chi connectivity index (χ2v) is 8.97. The summed E-state index contributed by atoms with van der Waals surface area (Å²) in [5, 5.41) is 10.9. The Balaban J connectivity index is 1.37. The van der Waals surface area contributed by atoms with Gasteiger partial charge in [0, 0.05) is 23.7 Å². The zero-order chi connectivity index (χ0) is 19.0. The van der Waals surface area contributed by atoms with Crippen LogP contribution in [0.3, 0.4) is 0 Å². The Kier molecular flexibility index (Phi) is 5.34. The summed E-state index contributed by atoms with van der Waals surface area (Å²) >= 11 is 6.25.